The minimum atomic E-state index is -0.0169. The van der Waals surface area contributed by atoms with Gasteiger partial charge in [-0.15, -0.1) is 0 Å². The number of hydrogen-bond donors (Lipinski definition) is 0. The van der Waals surface area contributed by atoms with Crippen molar-refractivity contribution in [3.63, 3.8) is 0 Å². The van der Waals surface area contributed by atoms with E-state index in [1.165, 1.54) is 12.0 Å². The lowest BCUT2D eigenvalue weighted by Crippen LogP contribution is -2.46. The van der Waals surface area contributed by atoms with Gasteiger partial charge in [0, 0.05) is 24.7 Å². The number of allylic oxidation sites excluding steroid dienone is 2. The van der Waals surface area contributed by atoms with Crippen molar-refractivity contribution in [2.75, 3.05) is 0 Å². The van der Waals surface area contributed by atoms with E-state index in [0.29, 0.717) is 29.3 Å². The lowest BCUT2D eigenvalue weighted by atomic mass is 9.53. The maximum Gasteiger partial charge on any atom is 0.139 e. The standard InChI is InChI=1S/C18H24O2/c1-18-9-8-14-13-5-3-12(19)10-11(13)2-4-15(14)16(18)6-7-17(18)20/h2,13-16H,3-10H2,1H3/t13-,14?,15+,16-,18-/m0/s1. The average molecular weight is 272 g/mol. The molecular weight excluding hydrogens is 248 g/mol. The number of carbonyl (C=O) groups excluding carboxylic acids is 2. The van der Waals surface area contributed by atoms with Gasteiger partial charge < -0.3 is 0 Å². The van der Waals surface area contributed by atoms with Gasteiger partial charge in [-0.2, -0.15) is 0 Å². The summed E-state index contributed by atoms with van der Waals surface area (Å²) >= 11 is 0. The first-order valence-corrected chi connectivity index (χ1v) is 8.33. The number of ketones is 2. The van der Waals surface area contributed by atoms with Gasteiger partial charge in [0.25, 0.3) is 0 Å². The van der Waals surface area contributed by atoms with Gasteiger partial charge in [0.05, 0.1) is 0 Å². The molecule has 0 aromatic heterocycles. The summed E-state index contributed by atoms with van der Waals surface area (Å²) in [5.41, 5.74) is 1.42. The highest BCUT2D eigenvalue weighted by Gasteiger charge is 2.55. The molecule has 3 saturated carbocycles. The van der Waals surface area contributed by atoms with Crippen molar-refractivity contribution in [2.24, 2.45) is 29.1 Å². The smallest absolute Gasteiger partial charge is 0.139 e. The first-order chi connectivity index (χ1) is 9.59. The van der Waals surface area contributed by atoms with Gasteiger partial charge in [-0.25, -0.2) is 0 Å². The van der Waals surface area contributed by atoms with Gasteiger partial charge in [-0.3, -0.25) is 9.59 Å². The van der Waals surface area contributed by atoms with Crippen LogP contribution >= 0.6 is 0 Å². The van der Waals surface area contributed by atoms with Gasteiger partial charge in [-0.05, 0) is 55.8 Å². The van der Waals surface area contributed by atoms with Crippen molar-refractivity contribution >= 4 is 11.6 Å². The fraction of sp³-hybridized carbons (Fsp3) is 0.778. The highest BCUT2D eigenvalue weighted by Crippen LogP contribution is 2.59. The van der Waals surface area contributed by atoms with E-state index in [2.05, 4.69) is 13.0 Å². The van der Waals surface area contributed by atoms with Crippen LogP contribution in [0, 0.1) is 29.1 Å². The Kier molecular flexibility index (Phi) is 2.74. The molecule has 0 aromatic carbocycles. The molecule has 0 heterocycles. The molecule has 2 nitrogen and oxygen atoms in total. The van der Waals surface area contributed by atoms with Crippen LogP contribution < -0.4 is 0 Å². The summed E-state index contributed by atoms with van der Waals surface area (Å²) < 4.78 is 0. The lowest BCUT2D eigenvalue weighted by molar-refractivity contribution is -0.130. The highest BCUT2D eigenvalue weighted by atomic mass is 16.1. The van der Waals surface area contributed by atoms with Crippen molar-refractivity contribution < 1.29 is 9.59 Å². The monoisotopic (exact) mass is 272 g/mol. The number of rotatable bonds is 0. The van der Waals surface area contributed by atoms with Gasteiger partial charge in [-0.1, -0.05) is 18.6 Å². The molecule has 5 atom stereocenters. The second-order valence-electron chi connectivity index (χ2n) is 7.73. The Bertz CT molecular complexity index is 504. The molecule has 0 amide bonds. The van der Waals surface area contributed by atoms with E-state index < -0.39 is 0 Å². The molecule has 20 heavy (non-hydrogen) atoms. The van der Waals surface area contributed by atoms with E-state index in [1.807, 2.05) is 0 Å². The highest BCUT2D eigenvalue weighted by molar-refractivity contribution is 5.87. The first kappa shape index (κ1) is 12.8. The van der Waals surface area contributed by atoms with Crippen LogP contribution in [0.1, 0.15) is 58.3 Å². The van der Waals surface area contributed by atoms with Gasteiger partial charge in [0.2, 0.25) is 0 Å². The first-order valence-electron chi connectivity index (χ1n) is 8.33. The minimum absolute atomic E-state index is 0.0169. The van der Waals surface area contributed by atoms with E-state index >= 15 is 0 Å². The summed E-state index contributed by atoms with van der Waals surface area (Å²) in [4.78, 5) is 23.9. The SMILES string of the molecule is C[C@]12CCC3[C@@H](CC=C4CC(=O)CC[C@@H]43)[C@@H]1CCC2=O. The Hall–Kier alpha value is -0.920. The van der Waals surface area contributed by atoms with Crippen LogP contribution in [0.15, 0.2) is 11.6 Å². The predicted molar refractivity (Wildman–Crippen MR) is 77.1 cm³/mol. The van der Waals surface area contributed by atoms with Gasteiger partial charge >= 0.3 is 0 Å². The van der Waals surface area contributed by atoms with Crippen molar-refractivity contribution in [3.8, 4) is 0 Å². The van der Waals surface area contributed by atoms with Crippen LogP contribution in [-0.2, 0) is 9.59 Å². The summed E-state index contributed by atoms with van der Waals surface area (Å²) in [5, 5.41) is 0. The molecule has 4 rings (SSSR count). The molecule has 0 spiro atoms. The minimum Gasteiger partial charge on any atom is -0.299 e. The predicted octanol–water partition coefficient (Wildman–Crippen LogP) is 3.70. The molecule has 0 bridgehead atoms. The maximum atomic E-state index is 12.3. The molecule has 108 valence electrons. The van der Waals surface area contributed by atoms with Crippen LogP contribution in [0.4, 0.5) is 0 Å². The Morgan fingerprint density at radius 2 is 1.95 bits per heavy atom. The summed E-state index contributed by atoms with van der Waals surface area (Å²) in [7, 11) is 0. The zero-order valence-corrected chi connectivity index (χ0v) is 12.4. The largest absolute Gasteiger partial charge is 0.299 e. The molecule has 3 fully saturated rings. The van der Waals surface area contributed by atoms with Crippen LogP contribution in [0.5, 0.6) is 0 Å². The molecule has 0 saturated heterocycles. The summed E-state index contributed by atoms with van der Waals surface area (Å²) in [6.45, 7) is 2.23. The van der Waals surface area contributed by atoms with Gasteiger partial charge in [0.1, 0.15) is 11.6 Å². The Morgan fingerprint density at radius 3 is 2.80 bits per heavy atom. The summed E-state index contributed by atoms with van der Waals surface area (Å²) in [6.07, 6.45) is 10.3. The number of fused-ring (bicyclic) bond motifs is 5. The Morgan fingerprint density at radius 1 is 1.10 bits per heavy atom. The number of Topliss-reactive ketones (excluding diaryl/α,β-unsaturated/α-hetero) is 2. The molecule has 0 N–H and O–H groups in total. The Labute approximate surface area is 121 Å². The maximum absolute atomic E-state index is 12.3. The normalized spacial score (nSPS) is 47.4. The molecule has 4 aliphatic carbocycles. The zero-order chi connectivity index (χ0) is 13.9. The third-order valence-corrected chi connectivity index (χ3v) is 6.98. The molecule has 0 aromatic rings. The molecule has 2 heteroatoms. The molecule has 4 aliphatic rings. The topological polar surface area (TPSA) is 34.1 Å². The molecule has 0 aliphatic heterocycles. The van der Waals surface area contributed by atoms with Crippen LogP contribution in [0.3, 0.4) is 0 Å². The molecule has 0 radical (unpaired) electrons. The van der Waals surface area contributed by atoms with E-state index in [4.69, 9.17) is 0 Å². The zero-order valence-electron chi connectivity index (χ0n) is 12.4. The quantitative estimate of drug-likeness (QED) is 0.630. The average Bonchev–Trinajstić information content (AvgIpc) is 2.74. The fourth-order valence-corrected chi connectivity index (χ4v) is 5.88. The van der Waals surface area contributed by atoms with E-state index in [0.717, 1.165) is 50.9 Å². The molecular formula is C18H24O2. The number of hydrogen-bond acceptors (Lipinski definition) is 2. The lowest BCUT2D eigenvalue weighted by Gasteiger charge is -2.51. The third-order valence-electron chi connectivity index (χ3n) is 6.98. The number of carbonyl (C=O) groups is 2. The summed E-state index contributed by atoms with van der Waals surface area (Å²) in [5.74, 6) is 3.70. The van der Waals surface area contributed by atoms with Gasteiger partial charge in [0.15, 0.2) is 0 Å². The summed E-state index contributed by atoms with van der Waals surface area (Å²) in [6, 6.07) is 0. The third kappa shape index (κ3) is 1.63. The van der Waals surface area contributed by atoms with Crippen LogP contribution in [-0.4, -0.2) is 11.6 Å². The Balaban J connectivity index is 1.65. The van der Waals surface area contributed by atoms with Crippen molar-refractivity contribution in [1.82, 2.24) is 0 Å². The van der Waals surface area contributed by atoms with Crippen molar-refractivity contribution in [1.29, 1.82) is 0 Å². The van der Waals surface area contributed by atoms with Crippen LogP contribution in [0.25, 0.3) is 0 Å². The second kappa shape index (κ2) is 4.29. The van der Waals surface area contributed by atoms with E-state index in [1.54, 1.807) is 0 Å². The van der Waals surface area contributed by atoms with E-state index in [9.17, 15) is 9.59 Å². The van der Waals surface area contributed by atoms with Crippen LogP contribution in [0.2, 0.25) is 0 Å². The molecule has 1 unspecified atom stereocenters. The fourth-order valence-electron chi connectivity index (χ4n) is 5.88. The van der Waals surface area contributed by atoms with Crippen molar-refractivity contribution in [3.05, 3.63) is 11.6 Å². The second-order valence-corrected chi connectivity index (χ2v) is 7.73. The van der Waals surface area contributed by atoms with E-state index in [-0.39, 0.29) is 5.41 Å². The van der Waals surface area contributed by atoms with Crippen molar-refractivity contribution in [2.45, 2.75) is 58.3 Å².